The molecule has 3 heterocycles. The van der Waals surface area contributed by atoms with E-state index in [2.05, 4.69) is 10.3 Å². The van der Waals surface area contributed by atoms with Gasteiger partial charge in [0.1, 0.15) is 24.4 Å². The Morgan fingerprint density at radius 3 is 2.69 bits per heavy atom. The molecule has 1 aliphatic heterocycles. The normalized spacial score (nSPS) is 27.3. The zero-order valence-electron chi connectivity index (χ0n) is 15.6. The molecule has 1 fully saturated rings. The van der Waals surface area contributed by atoms with Crippen LogP contribution in [0.15, 0.2) is 40.5 Å². The van der Waals surface area contributed by atoms with E-state index in [9.17, 15) is 25.2 Å². The minimum Gasteiger partial charge on any atom is -0.394 e. The molecule has 0 amide bonds. The first kappa shape index (κ1) is 20.0. The van der Waals surface area contributed by atoms with E-state index in [4.69, 9.17) is 4.74 Å². The molecule has 1 aromatic carbocycles. The molecule has 29 heavy (non-hydrogen) atoms. The predicted molar refractivity (Wildman–Crippen MR) is 110 cm³/mol. The minimum absolute atomic E-state index is 0.197. The van der Waals surface area contributed by atoms with Crippen molar-refractivity contribution in [1.82, 2.24) is 4.98 Å². The maximum atomic E-state index is 12.6. The molecule has 8 nitrogen and oxygen atoms in total. The van der Waals surface area contributed by atoms with Crippen LogP contribution in [0, 0.1) is 6.92 Å². The molecule has 154 valence electrons. The first-order valence-electron chi connectivity index (χ1n) is 9.18. The molecule has 0 bridgehead atoms. The Morgan fingerprint density at radius 2 is 2.00 bits per heavy atom. The summed E-state index contributed by atoms with van der Waals surface area (Å²) in [7, 11) is 0. The van der Waals surface area contributed by atoms with Gasteiger partial charge in [-0.05, 0) is 36.1 Å². The number of hydrogen-bond donors (Lipinski definition) is 6. The fraction of sp³-hybridized carbons (Fsp3) is 0.350. The van der Waals surface area contributed by atoms with Gasteiger partial charge in [-0.1, -0.05) is 12.1 Å². The molecule has 3 unspecified atom stereocenters. The van der Waals surface area contributed by atoms with E-state index in [1.54, 1.807) is 12.1 Å². The number of aliphatic hydroxyl groups excluding tert-OH is 4. The summed E-state index contributed by atoms with van der Waals surface area (Å²) in [5, 5.41) is 45.4. The average molecular weight is 418 g/mol. The van der Waals surface area contributed by atoms with E-state index in [0.717, 1.165) is 15.8 Å². The third-order valence-electron chi connectivity index (χ3n) is 5.27. The maximum absolute atomic E-state index is 12.6. The van der Waals surface area contributed by atoms with Crippen molar-refractivity contribution in [3.05, 3.63) is 51.6 Å². The highest BCUT2D eigenvalue weighted by Gasteiger charge is 2.43. The summed E-state index contributed by atoms with van der Waals surface area (Å²) in [6, 6.07) is 8.09. The number of fused-ring (bicyclic) bond motifs is 1. The number of ether oxygens (including phenoxy) is 1. The molecule has 0 saturated carbocycles. The number of aromatic nitrogens is 1. The van der Waals surface area contributed by atoms with Crippen molar-refractivity contribution in [2.75, 3.05) is 11.9 Å². The van der Waals surface area contributed by atoms with Crippen LogP contribution < -0.4 is 10.9 Å². The monoisotopic (exact) mass is 418 g/mol. The largest absolute Gasteiger partial charge is 0.394 e. The third kappa shape index (κ3) is 3.57. The van der Waals surface area contributed by atoms with Gasteiger partial charge in [-0.25, -0.2) is 0 Å². The Hall–Kier alpha value is -2.27. The van der Waals surface area contributed by atoms with Gasteiger partial charge in [-0.3, -0.25) is 4.79 Å². The van der Waals surface area contributed by atoms with E-state index >= 15 is 0 Å². The van der Waals surface area contributed by atoms with Crippen molar-refractivity contribution in [2.45, 2.75) is 37.6 Å². The summed E-state index contributed by atoms with van der Waals surface area (Å²) in [4.78, 5) is 16.4. The SMILES string of the molecule is Cc1c(-c2cccs2)c(=O)[nH]c2cc(N[C@@H]3C(O)OC(CO)[C@@H](O)C3O)ccc12. The molecule has 1 aliphatic rings. The van der Waals surface area contributed by atoms with Crippen LogP contribution in [0.2, 0.25) is 0 Å². The standard InChI is InChI=1S/C20H22N2O6S/c1-9-11-5-4-10(21-16-18(25)17(24)13(8-23)28-20(16)27)7-12(11)22-19(26)15(9)14-3-2-6-29-14/h2-7,13,16-18,20-21,23-25,27H,8H2,1H3,(H,22,26)/t13?,16-,17+,18?,20?/m0/s1. The van der Waals surface area contributed by atoms with Gasteiger partial charge in [0, 0.05) is 16.0 Å². The second kappa shape index (κ2) is 7.86. The summed E-state index contributed by atoms with van der Waals surface area (Å²) in [5.74, 6) is 0. The molecule has 0 aliphatic carbocycles. The van der Waals surface area contributed by atoms with Crippen LogP contribution in [0.4, 0.5) is 5.69 Å². The predicted octanol–water partition coefficient (Wildman–Crippen LogP) is 0.777. The van der Waals surface area contributed by atoms with Crippen LogP contribution in [-0.4, -0.2) is 62.7 Å². The van der Waals surface area contributed by atoms with Crippen LogP contribution in [0.25, 0.3) is 21.3 Å². The molecular weight excluding hydrogens is 396 g/mol. The minimum atomic E-state index is -1.43. The Bertz CT molecular complexity index is 1070. The van der Waals surface area contributed by atoms with Crippen molar-refractivity contribution in [3.8, 4) is 10.4 Å². The van der Waals surface area contributed by atoms with Crippen molar-refractivity contribution >= 4 is 27.9 Å². The Kier molecular flexibility index (Phi) is 5.43. The van der Waals surface area contributed by atoms with Crippen molar-refractivity contribution < 1.29 is 25.2 Å². The van der Waals surface area contributed by atoms with Gasteiger partial charge in [0.15, 0.2) is 6.29 Å². The van der Waals surface area contributed by atoms with Gasteiger partial charge in [0.25, 0.3) is 5.56 Å². The summed E-state index contributed by atoms with van der Waals surface area (Å²) < 4.78 is 5.16. The highest BCUT2D eigenvalue weighted by Crippen LogP contribution is 2.30. The molecule has 0 spiro atoms. The fourth-order valence-electron chi connectivity index (χ4n) is 3.72. The van der Waals surface area contributed by atoms with Gasteiger partial charge in [-0.15, -0.1) is 11.3 Å². The number of pyridine rings is 1. The second-order valence-electron chi connectivity index (χ2n) is 7.09. The highest BCUT2D eigenvalue weighted by molar-refractivity contribution is 7.13. The van der Waals surface area contributed by atoms with Crippen molar-refractivity contribution in [3.63, 3.8) is 0 Å². The molecule has 2 aromatic heterocycles. The fourth-order valence-corrected chi connectivity index (χ4v) is 4.54. The maximum Gasteiger partial charge on any atom is 0.257 e. The molecule has 6 N–H and O–H groups in total. The number of aliphatic hydroxyl groups is 4. The van der Waals surface area contributed by atoms with Crippen LogP contribution in [0.3, 0.4) is 0 Å². The number of anilines is 1. The van der Waals surface area contributed by atoms with Crippen LogP contribution in [-0.2, 0) is 4.74 Å². The summed E-state index contributed by atoms with van der Waals surface area (Å²) >= 11 is 1.50. The quantitative estimate of drug-likeness (QED) is 0.369. The van der Waals surface area contributed by atoms with E-state index in [1.807, 2.05) is 30.5 Å². The van der Waals surface area contributed by atoms with E-state index in [-0.39, 0.29) is 5.56 Å². The van der Waals surface area contributed by atoms with Gasteiger partial charge >= 0.3 is 0 Å². The third-order valence-corrected chi connectivity index (χ3v) is 6.16. The number of hydrogen-bond acceptors (Lipinski definition) is 8. The number of aromatic amines is 1. The molecule has 3 aromatic rings. The van der Waals surface area contributed by atoms with Gasteiger partial charge < -0.3 is 35.5 Å². The second-order valence-corrected chi connectivity index (χ2v) is 8.04. The molecule has 5 atom stereocenters. The lowest BCUT2D eigenvalue weighted by Gasteiger charge is -2.40. The van der Waals surface area contributed by atoms with Gasteiger partial charge in [0.05, 0.1) is 17.7 Å². The van der Waals surface area contributed by atoms with E-state index in [1.165, 1.54) is 11.3 Å². The molecule has 9 heteroatoms. The molecule has 0 radical (unpaired) electrons. The van der Waals surface area contributed by atoms with Gasteiger partial charge in [0.2, 0.25) is 0 Å². The summed E-state index contributed by atoms with van der Waals surface area (Å²) in [6.07, 6.45) is -5.20. The number of thiophene rings is 1. The molecular formula is C20H22N2O6S. The summed E-state index contributed by atoms with van der Waals surface area (Å²) in [5.41, 5.74) is 2.43. The first-order valence-corrected chi connectivity index (χ1v) is 10.1. The Morgan fingerprint density at radius 1 is 1.21 bits per heavy atom. The van der Waals surface area contributed by atoms with Crippen LogP contribution >= 0.6 is 11.3 Å². The summed E-state index contributed by atoms with van der Waals surface area (Å²) in [6.45, 7) is 1.37. The average Bonchev–Trinajstić information content (AvgIpc) is 3.22. The Labute approximate surface area is 170 Å². The lowest BCUT2D eigenvalue weighted by Crippen LogP contribution is -2.61. The number of benzene rings is 1. The number of nitrogens with one attached hydrogen (secondary N) is 2. The van der Waals surface area contributed by atoms with Crippen molar-refractivity contribution in [1.29, 1.82) is 0 Å². The number of aryl methyl sites for hydroxylation is 1. The van der Waals surface area contributed by atoms with E-state index < -0.39 is 37.3 Å². The van der Waals surface area contributed by atoms with E-state index in [0.29, 0.717) is 16.8 Å². The zero-order chi connectivity index (χ0) is 20.7. The molecule has 1 saturated heterocycles. The first-order chi connectivity index (χ1) is 13.9. The van der Waals surface area contributed by atoms with Gasteiger partial charge in [-0.2, -0.15) is 0 Å². The van der Waals surface area contributed by atoms with Crippen LogP contribution in [0.5, 0.6) is 0 Å². The number of H-pyrrole nitrogens is 1. The smallest absolute Gasteiger partial charge is 0.257 e. The lowest BCUT2D eigenvalue weighted by atomic mass is 9.96. The lowest BCUT2D eigenvalue weighted by molar-refractivity contribution is -0.245. The number of rotatable bonds is 4. The molecule has 4 rings (SSSR count). The topological polar surface area (TPSA) is 135 Å². The van der Waals surface area contributed by atoms with Crippen LogP contribution in [0.1, 0.15) is 5.56 Å². The van der Waals surface area contributed by atoms with Crippen molar-refractivity contribution in [2.24, 2.45) is 0 Å². The zero-order valence-corrected chi connectivity index (χ0v) is 16.4. The Balaban J connectivity index is 1.66. The highest BCUT2D eigenvalue weighted by atomic mass is 32.1.